The zero-order valence-electron chi connectivity index (χ0n) is 38.4. The molecule has 19 nitrogen and oxygen atoms in total. The molecule has 3 aliphatic heterocycles. The second-order valence-electron chi connectivity index (χ2n) is 16.9. The van der Waals surface area contributed by atoms with E-state index in [0.29, 0.717) is 30.0 Å². The number of pyridine rings is 2. The molecule has 376 valence electrons. The first kappa shape index (κ1) is 53.5. The number of carbonyl (C=O) groups excluding carboxylic acids is 6. The number of hydrogen-bond acceptors (Lipinski definition) is 13. The zero-order valence-corrected chi connectivity index (χ0v) is 38.4. The third kappa shape index (κ3) is 11.3. The van der Waals surface area contributed by atoms with Crippen LogP contribution >= 0.6 is 0 Å². The van der Waals surface area contributed by atoms with Crippen LogP contribution in [-0.4, -0.2) is 119 Å². The van der Waals surface area contributed by atoms with Crippen molar-refractivity contribution in [3.8, 4) is 11.5 Å². The molecule has 5 heterocycles. The highest BCUT2D eigenvalue weighted by Gasteiger charge is 2.44. The fraction of sp³-hybridized carbons (Fsp3) is 0.400. The molecule has 7 rings (SSSR count). The molecule has 0 aliphatic carbocycles. The first-order chi connectivity index (χ1) is 32.9. The summed E-state index contributed by atoms with van der Waals surface area (Å²) < 4.78 is 106. The lowest BCUT2D eigenvalue weighted by molar-refractivity contribution is -0.191. The van der Waals surface area contributed by atoms with E-state index in [1.54, 1.807) is 39.3 Å². The monoisotopic (exact) mass is 992 g/mol. The Kier molecular flexibility index (Phi) is 16.7. The molecule has 4 aromatic rings. The van der Waals surface area contributed by atoms with Gasteiger partial charge in [0.2, 0.25) is 10.9 Å². The number of fused-ring (bicyclic) bond motifs is 3. The van der Waals surface area contributed by atoms with Crippen LogP contribution in [0, 0.1) is 41.8 Å². The Morgan fingerprint density at radius 1 is 0.771 bits per heavy atom. The standard InChI is InChI=1S/C25H30F3N3O6.C19H16F3N3O5.CO2/c1-13-22(35-6)21(32)16(23(33)29-9-15-17(27)7-14(26)8-18(15)28)10-31(13)20-12-36-11-19(20)30(5)24(34)37-25(2,3)4;1-24-13-6-30-7-14(13)25-5-10(16(26)17(27)15(25)19(24)29)18(28)23-4-9-11(21)2-8(20)3-12(9)22;2-1-3/h7-8,10,19-20H,9,11-12H2,1-6H3,(H,29,33);2-3,5,13-14,27H,4,6-7H2,1H3,(H,23,28);/t19-,20-;13-,14-;/m11./s1. The van der Waals surface area contributed by atoms with Crippen LogP contribution in [0.1, 0.15) is 80.9 Å². The van der Waals surface area contributed by atoms with Crippen molar-refractivity contribution in [2.45, 2.75) is 70.6 Å². The van der Waals surface area contributed by atoms with Gasteiger partial charge in [-0.3, -0.25) is 24.0 Å². The number of carbonyl (C=O) groups is 4. The Morgan fingerprint density at radius 2 is 1.21 bits per heavy atom. The number of benzene rings is 2. The van der Waals surface area contributed by atoms with Crippen LogP contribution < -0.4 is 26.2 Å². The first-order valence-electron chi connectivity index (χ1n) is 20.9. The lowest BCUT2D eigenvalue weighted by Crippen LogP contribution is -2.49. The van der Waals surface area contributed by atoms with Gasteiger partial charge in [-0.15, -0.1) is 0 Å². The van der Waals surface area contributed by atoms with Gasteiger partial charge in [-0.25, -0.2) is 31.1 Å². The van der Waals surface area contributed by atoms with Crippen molar-refractivity contribution in [2.24, 2.45) is 0 Å². The van der Waals surface area contributed by atoms with Crippen LogP contribution in [0.15, 0.2) is 46.2 Å². The summed E-state index contributed by atoms with van der Waals surface area (Å²) in [7, 11) is 4.36. The number of likely N-dealkylation sites (N-methyl/N-ethyl adjacent to an activating group) is 2. The number of aromatic hydroxyl groups is 1. The Hall–Kier alpha value is -7.50. The zero-order chi connectivity index (χ0) is 52.1. The summed E-state index contributed by atoms with van der Waals surface area (Å²) in [5.74, 6) is -10.5. The van der Waals surface area contributed by atoms with E-state index >= 15 is 0 Å². The summed E-state index contributed by atoms with van der Waals surface area (Å²) in [6.07, 6.45) is 2.10. The lowest BCUT2D eigenvalue weighted by atomic mass is 10.0. The molecule has 4 amide bonds. The second kappa shape index (κ2) is 21.9. The Bertz CT molecular complexity index is 2820. The van der Waals surface area contributed by atoms with Crippen LogP contribution in [0.2, 0.25) is 0 Å². The van der Waals surface area contributed by atoms with E-state index in [9.17, 15) is 60.2 Å². The maximum atomic E-state index is 14.0. The minimum atomic E-state index is -1.20. The lowest BCUT2D eigenvalue weighted by Gasteiger charge is -2.36. The Morgan fingerprint density at radius 3 is 1.70 bits per heavy atom. The third-order valence-electron chi connectivity index (χ3n) is 11.4. The quantitative estimate of drug-likeness (QED) is 0.204. The van der Waals surface area contributed by atoms with E-state index in [4.69, 9.17) is 28.5 Å². The maximum Gasteiger partial charge on any atom is 0.410 e. The topological polar surface area (TPSA) is 234 Å². The minimum Gasteiger partial charge on any atom is -0.503 e. The normalized spacial score (nSPS) is 18.0. The number of hydrogen-bond donors (Lipinski definition) is 3. The molecule has 0 saturated carbocycles. The first-order valence-corrected chi connectivity index (χ1v) is 20.9. The number of ether oxygens (including phenoxy) is 4. The molecular weight excluding hydrogens is 947 g/mol. The van der Waals surface area contributed by atoms with Crippen LogP contribution in [0.3, 0.4) is 0 Å². The van der Waals surface area contributed by atoms with E-state index in [1.807, 2.05) is 0 Å². The molecule has 3 aliphatic rings. The molecule has 2 aromatic carbocycles. The average Bonchev–Trinajstić information content (AvgIpc) is 3.97. The predicted molar refractivity (Wildman–Crippen MR) is 228 cm³/mol. The van der Waals surface area contributed by atoms with E-state index in [1.165, 1.54) is 34.7 Å². The predicted octanol–water partition coefficient (Wildman–Crippen LogP) is 3.66. The van der Waals surface area contributed by atoms with Gasteiger partial charge in [0.15, 0.2) is 17.2 Å². The number of nitrogens with one attached hydrogen (secondary N) is 2. The maximum absolute atomic E-state index is 14.0. The molecule has 0 unspecified atom stereocenters. The van der Waals surface area contributed by atoms with E-state index < -0.39 is 129 Å². The summed E-state index contributed by atoms with van der Waals surface area (Å²) in [4.78, 5) is 95.2. The highest BCUT2D eigenvalue weighted by atomic mass is 19.2. The second-order valence-corrected chi connectivity index (χ2v) is 16.9. The van der Waals surface area contributed by atoms with Crippen LogP contribution in [-0.2, 0) is 36.9 Å². The van der Waals surface area contributed by atoms with Gasteiger partial charge in [-0.2, -0.15) is 9.59 Å². The summed E-state index contributed by atoms with van der Waals surface area (Å²) in [5, 5.41) is 14.8. The number of aromatic nitrogens is 2. The molecule has 2 fully saturated rings. The average molecular weight is 993 g/mol. The number of rotatable bonds is 9. The third-order valence-corrected chi connectivity index (χ3v) is 11.4. The molecule has 0 radical (unpaired) electrons. The molecule has 0 bridgehead atoms. The van der Waals surface area contributed by atoms with E-state index in [-0.39, 0.29) is 55.6 Å². The van der Waals surface area contributed by atoms with Crippen molar-refractivity contribution in [3.63, 3.8) is 0 Å². The van der Waals surface area contributed by atoms with Crippen molar-refractivity contribution < 1.29 is 79.2 Å². The van der Waals surface area contributed by atoms with Crippen molar-refractivity contribution in [1.82, 2.24) is 29.6 Å². The van der Waals surface area contributed by atoms with Gasteiger partial charge in [0.25, 0.3) is 17.7 Å². The Balaban J connectivity index is 0.000000251. The van der Waals surface area contributed by atoms with Gasteiger partial charge in [0, 0.05) is 75.0 Å². The molecule has 3 N–H and O–H groups in total. The largest absolute Gasteiger partial charge is 0.503 e. The highest BCUT2D eigenvalue weighted by Crippen LogP contribution is 2.34. The number of nitrogens with zero attached hydrogens (tertiary/aromatic N) is 4. The van der Waals surface area contributed by atoms with Gasteiger partial charge in [0.1, 0.15) is 51.6 Å². The molecular formula is C45H46F6N6O13. The van der Waals surface area contributed by atoms with Crippen molar-refractivity contribution in [3.05, 3.63) is 126 Å². The summed E-state index contributed by atoms with van der Waals surface area (Å²) in [6, 6.07) is 0.142. The molecule has 2 saturated heterocycles. The van der Waals surface area contributed by atoms with Crippen LogP contribution in [0.5, 0.6) is 11.5 Å². The minimum absolute atomic E-state index is 0.114. The van der Waals surface area contributed by atoms with Crippen molar-refractivity contribution in [1.29, 1.82) is 0 Å². The van der Waals surface area contributed by atoms with E-state index in [2.05, 4.69) is 10.6 Å². The van der Waals surface area contributed by atoms with E-state index in [0.717, 1.165) is 6.20 Å². The van der Waals surface area contributed by atoms with Gasteiger partial charge >= 0.3 is 12.2 Å². The SMILES string of the molecule is CN1C(=O)c2c(O)c(=O)c(C(=O)NCc3c(F)cc(F)cc3F)cn2[C@@H]2COC[C@H]21.COc1c(C)n([C@@H]2COC[C@H]2N(C)C(=O)OC(C)(C)C)cc(C(=O)NCc2c(F)cc(F)cc2F)c1=O.O=C=O. The summed E-state index contributed by atoms with van der Waals surface area (Å²) >= 11 is 0. The smallest absolute Gasteiger partial charge is 0.410 e. The number of halogens is 6. The van der Waals surface area contributed by atoms with Gasteiger partial charge in [0.05, 0.1) is 63.4 Å². The fourth-order valence-corrected chi connectivity index (χ4v) is 7.83. The highest BCUT2D eigenvalue weighted by molar-refractivity contribution is 5.99. The summed E-state index contributed by atoms with van der Waals surface area (Å²) in [6.45, 7) is 6.36. The van der Waals surface area contributed by atoms with Gasteiger partial charge < -0.3 is 53.6 Å². The molecule has 4 atom stereocenters. The van der Waals surface area contributed by atoms with Crippen molar-refractivity contribution >= 4 is 30.0 Å². The van der Waals surface area contributed by atoms with Gasteiger partial charge in [-0.1, -0.05) is 0 Å². The molecule has 70 heavy (non-hydrogen) atoms. The number of methoxy groups -OCH3 is 1. The fourth-order valence-electron chi connectivity index (χ4n) is 7.83. The van der Waals surface area contributed by atoms with Gasteiger partial charge in [-0.05, 0) is 27.7 Å². The van der Waals surface area contributed by atoms with Crippen LogP contribution in [0.4, 0.5) is 31.1 Å². The molecule has 25 heteroatoms. The molecule has 2 aromatic heterocycles. The number of amides is 4. The summed E-state index contributed by atoms with van der Waals surface area (Å²) in [5.41, 5.74) is -4.43. The van der Waals surface area contributed by atoms with Crippen LogP contribution in [0.25, 0.3) is 0 Å². The Labute approximate surface area is 393 Å². The van der Waals surface area contributed by atoms with Crippen molar-refractivity contribution in [2.75, 3.05) is 47.6 Å². The molecule has 0 spiro atoms.